The SMILES string of the molecule is CCC(O)OP(=O)(O)OP(=O)(O)O. The standard InChI is InChI=1S/C3H10O8P2/c1-2-3(4)10-13(8,9)11-12(5,6)7/h3-4H,2H2,1H3,(H,8,9)(H2,5,6,7). The summed E-state index contributed by atoms with van der Waals surface area (Å²) in [6.45, 7) is 1.43. The Kier molecular flexibility index (Phi) is 4.71. The van der Waals surface area contributed by atoms with Crippen molar-refractivity contribution >= 4 is 15.6 Å². The Hall–Kier alpha value is 0.220. The Labute approximate surface area is 74.0 Å². The number of rotatable bonds is 5. The summed E-state index contributed by atoms with van der Waals surface area (Å²) >= 11 is 0. The molecule has 0 aliphatic rings. The fourth-order valence-electron chi connectivity index (χ4n) is 0.382. The molecule has 0 saturated carbocycles. The zero-order chi connectivity index (χ0) is 10.7. The predicted octanol–water partition coefficient (Wildman–Crippen LogP) is -0.0589. The Bertz CT molecular complexity index is 244. The average molecular weight is 236 g/mol. The Morgan fingerprint density at radius 3 is 2.08 bits per heavy atom. The summed E-state index contributed by atoms with van der Waals surface area (Å²) in [5, 5.41) is 8.70. The summed E-state index contributed by atoms with van der Waals surface area (Å²) in [6.07, 6.45) is -1.63. The molecule has 0 aliphatic heterocycles. The number of hydrogen-bond acceptors (Lipinski definition) is 5. The summed E-state index contributed by atoms with van der Waals surface area (Å²) in [5.41, 5.74) is 0. The lowest BCUT2D eigenvalue weighted by Crippen LogP contribution is -2.08. The highest BCUT2D eigenvalue weighted by Gasteiger charge is 2.34. The summed E-state index contributed by atoms with van der Waals surface area (Å²) in [7, 11) is -10.0. The number of phosphoric ester groups is 1. The van der Waals surface area contributed by atoms with Gasteiger partial charge in [-0.25, -0.2) is 9.13 Å². The van der Waals surface area contributed by atoms with Gasteiger partial charge in [-0.2, -0.15) is 4.31 Å². The molecule has 4 N–H and O–H groups in total. The average Bonchev–Trinajstić information content (AvgIpc) is 1.80. The molecular weight excluding hydrogens is 226 g/mol. The molecule has 0 spiro atoms. The Morgan fingerprint density at radius 1 is 1.31 bits per heavy atom. The summed E-state index contributed by atoms with van der Waals surface area (Å²) in [4.78, 5) is 24.9. The largest absolute Gasteiger partial charge is 0.483 e. The van der Waals surface area contributed by atoms with Crippen LogP contribution in [0.2, 0.25) is 0 Å². The highest BCUT2D eigenvalue weighted by atomic mass is 31.3. The topological polar surface area (TPSA) is 134 Å². The summed E-state index contributed by atoms with van der Waals surface area (Å²) in [5.74, 6) is 0. The van der Waals surface area contributed by atoms with Crippen LogP contribution in [0, 0.1) is 0 Å². The first-order valence-electron chi connectivity index (χ1n) is 3.12. The van der Waals surface area contributed by atoms with Gasteiger partial charge in [0, 0.05) is 0 Å². The number of phosphoric acid groups is 2. The molecule has 2 atom stereocenters. The second-order valence-corrected chi connectivity index (χ2v) is 4.79. The van der Waals surface area contributed by atoms with Crippen LogP contribution in [0.25, 0.3) is 0 Å². The molecule has 0 heterocycles. The number of hydrogen-bond donors (Lipinski definition) is 4. The van der Waals surface area contributed by atoms with E-state index in [0.29, 0.717) is 0 Å². The molecule has 0 aromatic heterocycles. The summed E-state index contributed by atoms with van der Waals surface area (Å²) in [6, 6.07) is 0. The van der Waals surface area contributed by atoms with E-state index >= 15 is 0 Å². The fraction of sp³-hybridized carbons (Fsp3) is 1.00. The van der Waals surface area contributed by atoms with Gasteiger partial charge in [0.15, 0.2) is 6.29 Å². The summed E-state index contributed by atoms with van der Waals surface area (Å²) < 4.78 is 28.1. The predicted molar refractivity (Wildman–Crippen MR) is 40.3 cm³/mol. The van der Waals surface area contributed by atoms with Crippen LogP contribution in [-0.2, 0) is 18.0 Å². The molecule has 8 nitrogen and oxygen atoms in total. The van der Waals surface area contributed by atoms with Gasteiger partial charge in [0.25, 0.3) is 0 Å². The first-order chi connectivity index (χ1) is 5.66. The third-order valence-corrected chi connectivity index (χ3v) is 3.00. The highest BCUT2D eigenvalue weighted by Crippen LogP contribution is 2.58. The van der Waals surface area contributed by atoms with E-state index in [0.717, 1.165) is 0 Å². The molecule has 0 amide bonds. The van der Waals surface area contributed by atoms with E-state index in [1.54, 1.807) is 0 Å². The molecular formula is C3H10O8P2. The lowest BCUT2D eigenvalue weighted by atomic mass is 10.5. The van der Waals surface area contributed by atoms with Crippen LogP contribution in [-0.4, -0.2) is 26.1 Å². The van der Waals surface area contributed by atoms with Crippen LogP contribution in [0.5, 0.6) is 0 Å². The Morgan fingerprint density at radius 2 is 1.77 bits per heavy atom. The first-order valence-corrected chi connectivity index (χ1v) is 6.15. The zero-order valence-electron chi connectivity index (χ0n) is 6.60. The number of aliphatic hydroxyl groups is 1. The van der Waals surface area contributed by atoms with Crippen LogP contribution >= 0.6 is 15.6 Å². The fourth-order valence-corrected chi connectivity index (χ4v) is 2.07. The van der Waals surface area contributed by atoms with Crippen LogP contribution in [0.4, 0.5) is 0 Å². The van der Waals surface area contributed by atoms with Crippen molar-refractivity contribution in [3.63, 3.8) is 0 Å². The van der Waals surface area contributed by atoms with Crippen molar-refractivity contribution in [1.82, 2.24) is 0 Å². The lowest BCUT2D eigenvalue weighted by molar-refractivity contribution is -0.0374. The molecule has 2 unspecified atom stereocenters. The normalized spacial score (nSPS) is 19.5. The zero-order valence-corrected chi connectivity index (χ0v) is 8.39. The number of aliphatic hydroxyl groups excluding tert-OH is 1. The minimum Gasteiger partial charge on any atom is -0.367 e. The highest BCUT2D eigenvalue weighted by molar-refractivity contribution is 7.60. The molecule has 0 fully saturated rings. The van der Waals surface area contributed by atoms with Crippen molar-refractivity contribution in [3.8, 4) is 0 Å². The molecule has 10 heteroatoms. The van der Waals surface area contributed by atoms with Crippen molar-refractivity contribution in [1.29, 1.82) is 0 Å². The van der Waals surface area contributed by atoms with Crippen LogP contribution in [0.1, 0.15) is 13.3 Å². The van der Waals surface area contributed by atoms with Gasteiger partial charge in [0.1, 0.15) is 0 Å². The van der Waals surface area contributed by atoms with Crippen molar-refractivity contribution in [3.05, 3.63) is 0 Å². The van der Waals surface area contributed by atoms with Gasteiger partial charge < -0.3 is 19.8 Å². The van der Waals surface area contributed by atoms with E-state index in [9.17, 15) is 9.13 Å². The molecule has 13 heavy (non-hydrogen) atoms. The molecule has 0 rings (SSSR count). The van der Waals surface area contributed by atoms with E-state index in [1.165, 1.54) is 6.92 Å². The first kappa shape index (κ1) is 13.2. The van der Waals surface area contributed by atoms with E-state index in [-0.39, 0.29) is 6.42 Å². The van der Waals surface area contributed by atoms with Gasteiger partial charge in [0.2, 0.25) is 0 Å². The molecule has 0 saturated heterocycles. The molecule has 80 valence electrons. The van der Waals surface area contributed by atoms with Gasteiger partial charge in [-0.3, -0.25) is 4.52 Å². The lowest BCUT2D eigenvalue weighted by Gasteiger charge is -2.14. The molecule has 0 radical (unpaired) electrons. The molecule has 0 bridgehead atoms. The minimum absolute atomic E-state index is 0.0188. The third kappa shape index (κ3) is 7.30. The minimum atomic E-state index is -5.10. The van der Waals surface area contributed by atoms with Gasteiger partial charge in [0.05, 0.1) is 0 Å². The maximum absolute atomic E-state index is 10.7. The van der Waals surface area contributed by atoms with Crippen molar-refractivity contribution in [2.75, 3.05) is 0 Å². The van der Waals surface area contributed by atoms with Crippen LogP contribution < -0.4 is 0 Å². The van der Waals surface area contributed by atoms with Gasteiger partial charge >= 0.3 is 15.6 Å². The van der Waals surface area contributed by atoms with E-state index in [4.69, 9.17) is 19.8 Å². The third-order valence-electron chi connectivity index (χ3n) is 0.814. The molecule has 0 aliphatic carbocycles. The quantitative estimate of drug-likeness (QED) is 0.385. The van der Waals surface area contributed by atoms with Crippen LogP contribution in [0.3, 0.4) is 0 Å². The van der Waals surface area contributed by atoms with Crippen molar-refractivity contribution in [2.24, 2.45) is 0 Å². The monoisotopic (exact) mass is 236 g/mol. The van der Waals surface area contributed by atoms with Gasteiger partial charge in [-0.1, -0.05) is 6.92 Å². The Balaban J connectivity index is 4.26. The van der Waals surface area contributed by atoms with E-state index < -0.39 is 21.9 Å². The second kappa shape index (κ2) is 4.63. The molecule has 0 aromatic carbocycles. The van der Waals surface area contributed by atoms with Crippen molar-refractivity contribution < 1.29 is 37.8 Å². The van der Waals surface area contributed by atoms with E-state index in [2.05, 4.69) is 8.83 Å². The maximum Gasteiger partial charge on any atom is 0.483 e. The van der Waals surface area contributed by atoms with E-state index in [1.807, 2.05) is 0 Å². The maximum atomic E-state index is 10.7. The smallest absolute Gasteiger partial charge is 0.367 e. The second-order valence-electron chi connectivity index (χ2n) is 2.01. The van der Waals surface area contributed by atoms with Gasteiger partial charge in [-0.05, 0) is 6.42 Å². The molecule has 0 aromatic rings. The van der Waals surface area contributed by atoms with Gasteiger partial charge in [-0.15, -0.1) is 0 Å². The van der Waals surface area contributed by atoms with Crippen molar-refractivity contribution in [2.45, 2.75) is 19.6 Å². The van der Waals surface area contributed by atoms with Crippen LogP contribution in [0.15, 0.2) is 0 Å².